The molecule has 0 N–H and O–H groups in total. The van der Waals surface area contributed by atoms with Gasteiger partial charge in [0.25, 0.3) is 0 Å². The molecular weight excluding hydrogens is 382 g/mol. The predicted octanol–water partition coefficient (Wildman–Crippen LogP) is 4.73. The van der Waals surface area contributed by atoms with E-state index >= 15 is 0 Å². The summed E-state index contributed by atoms with van der Waals surface area (Å²) in [4.78, 5) is 26.0. The quantitative estimate of drug-likeness (QED) is 0.273. The first-order valence-electron chi connectivity index (χ1n) is 8.14. The summed E-state index contributed by atoms with van der Waals surface area (Å²) in [6, 6.07) is 11.4. The van der Waals surface area contributed by atoms with E-state index in [1.807, 2.05) is 30.5 Å². The summed E-state index contributed by atoms with van der Waals surface area (Å²) in [6.07, 6.45) is 3.42. The lowest BCUT2D eigenvalue weighted by molar-refractivity contribution is 0.0466. The van der Waals surface area contributed by atoms with Crippen molar-refractivity contribution in [1.29, 1.82) is 0 Å². The second-order valence-corrected chi connectivity index (χ2v) is 7.56. The van der Waals surface area contributed by atoms with E-state index in [0.717, 1.165) is 15.2 Å². The van der Waals surface area contributed by atoms with Crippen LogP contribution in [0.5, 0.6) is 0 Å². The molecule has 0 aliphatic rings. The number of fused-ring (bicyclic) bond motifs is 1. The van der Waals surface area contributed by atoms with Gasteiger partial charge in [-0.1, -0.05) is 12.1 Å². The van der Waals surface area contributed by atoms with Crippen LogP contribution in [0, 0.1) is 6.92 Å². The van der Waals surface area contributed by atoms with Crippen LogP contribution in [-0.4, -0.2) is 27.2 Å². The topological polar surface area (TPSA) is 78.1 Å². The maximum absolute atomic E-state index is 12.7. The van der Waals surface area contributed by atoms with Gasteiger partial charge in [-0.2, -0.15) is 0 Å². The lowest BCUT2D eigenvalue weighted by Crippen LogP contribution is -2.12. The number of thiazole rings is 1. The maximum Gasteiger partial charge on any atom is 0.343 e. The van der Waals surface area contributed by atoms with Crippen LogP contribution >= 0.6 is 23.1 Å². The fraction of sp³-hybridized carbons (Fsp3) is 0.158. The van der Waals surface area contributed by atoms with E-state index in [1.165, 1.54) is 23.1 Å². The molecule has 3 heterocycles. The molecule has 0 amide bonds. The molecule has 136 valence electrons. The molecule has 1 aromatic carbocycles. The summed E-state index contributed by atoms with van der Waals surface area (Å²) in [5.74, 6) is 0.550. The Balaban J connectivity index is 1.57. The van der Waals surface area contributed by atoms with Crippen LogP contribution in [-0.2, 0) is 11.3 Å². The second kappa shape index (κ2) is 7.50. The number of benzene rings is 1. The molecule has 8 heteroatoms. The van der Waals surface area contributed by atoms with Crippen molar-refractivity contribution in [3.05, 3.63) is 58.9 Å². The number of furan rings is 1. The number of esters is 1. The molecule has 27 heavy (non-hydrogen) atoms. The Labute approximate surface area is 163 Å². The molecular formula is C19H15N3O3S2. The first kappa shape index (κ1) is 17.7. The zero-order valence-corrected chi connectivity index (χ0v) is 16.3. The van der Waals surface area contributed by atoms with Crippen molar-refractivity contribution < 1.29 is 13.9 Å². The average Bonchev–Trinajstić information content (AvgIpc) is 3.34. The Hall–Kier alpha value is -2.71. The number of carbonyl (C=O) groups excluding carboxylic acids is 1. The first-order chi connectivity index (χ1) is 13.2. The molecule has 6 nitrogen and oxygen atoms in total. The summed E-state index contributed by atoms with van der Waals surface area (Å²) in [7, 11) is 0. The zero-order valence-electron chi connectivity index (χ0n) is 14.6. The molecule has 0 spiro atoms. The van der Waals surface area contributed by atoms with Crippen LogP contribution in [0.2, 0.25) is 0 Å². The molecule has 0 radical (unpaired) electrons. The first-order valence-corrected chi connectivity index (χ1v) is 10.2. The monoisotopic (exact) mass is 397 g/mol. The van der Waals surface area contributed by atoms with Crippen molar-refractivity contribution in [3.8, 4) is 11.6 Å². The van der Waals surface area contributed by atoms with Gasteiger partial charge in [0.1, 0.15) is 22.2 Å². The third kappa shape index (κ3) is 3.58. The summed E-state index contributed by atoms with van der Waals surface area (Å²) in [5.41, 5.74) is 1.83. The number of hydrogen-bond donors (Lipinski definition) is 0. The van der Waals surface area contributed by atoms with E-state index in [-0.39, 0.29) is 6.61 Å². The van der Waals surface area contributed by atoms with Crippen molar-refractivity contribution in [2.45, 2.75) is 18.6 Å². The van der Waals surface area contributed by atoms with E-state index in [4.69, 9.17) is 9.15 Å². The van der Waals surface area contributed by atoms with Crippen LogP contribution in [0.4, 0.5) is 0 Å². The number of thioether (sulfide) groups is 1. The minimum atomic E-state index is -0.456. The Morgan fingerprint density at radius 1 is 1.19 bits per heavy atom. The van der Waals surface area contributed by atoms with Gasteiger partial charge in [-0.25, -0.2) is 19.7 Å². The highest BCUT2D eigenvalue weighted by Crippen LogP contribution is 2.27. The van der Waals surface area contributed by atoms with Crippen LogP contribution < -0.4 is 0 Å². The number of nitrogens with zero attached hydrogens (tertiary/aromatic N) is 3. The fourth-order valence-electron chi connectivity index (χ4n) is 2.63. The second-order valence-electron chi connectivity index (χ2n) is 5.65. The summed E-state index contributed by atoms with van der Waals surface area (Å²) < 4.78 is 11.9. The number of rotatable bonds is 5. The third-order valence-electron chi connectivity index (χ3n) is 3.86. The average molecular weight is 397 g/mol. The highest BCUT2D eigenvalue weighted by atomic mass is 32.2. The number of ether oxygens (including phenoxy) is 1. The summed E-state index contributed by atoms with van der Waals surface area (Å²) in [5, 5.41) is 1.31. The highest BCUT2D eigenvalue weighted by Gasteiger charge is 2.21. The molecule has 3 aromatic heterocycles. The molecule has 0 unspecified atom stereocenters. The van der Waals surface area contributed by atoms with Gasteiger partial charge >= 0.3 is 5.97 Å². The third-order valence-corrected chi connectivity index (χ3v) is 5.55. The molecule has 0 atom stereocenters. The van der Waals surface area contributed by atoms with Crippen molar-refractivity contribution in [3.63, 3.8) is 0 Å². The van der Waals surface area contributed by atoms with Gasteiger partial charge in [0.15, 0.2) is 11.6 Å². The molecule has 0 fully saturated rings. The smallest absolute Gasteiger partial charge is 0.343 e. The minimum absolute atomic E-state index is 0.116. The van der Waals surface area contributed by atoms with Gasteiger partial charge in [-0.05, 0) is 37.4 Å². The van der Waals surface area contributed by atoms with Gasteiger partial charge < -0.3 is 9.15 Å². The standard InChI is InChI=1S/C19H15N3O3S2/c1-11-16(18(26-2)22-17(20-11)13-7-5-9-24-13)19(23)25-10-15-21-12-6-3-4-8-14(12)27-15/h3-9H,10H2,1-2H3. The lowest BCUT2D eigenvalue weighted by atomic mass is 10.2. The van der Waals surface area contributed by atoms with E-state index < -0.39 is 5.97 Å². The van der Waals surface area contributed by atoms with E-state index in [1.54, 1.807) is 25.3 Å². The number of aryl methyl sites for hydroxylation is 1. The van der Waals surface area contributed by atoms with Gasteiger partial charge in [0.05, 0.1) is 22.2 Å². The van der Waals surface area contributed by atoms with Crippen molar-refractivity contribution >= 4 is 39.3 Å². The highest BCUT2D eigenvalue weighted by molar-refractivity contribution is 7.98. The van der Waals surface area contributed by atoms with Crippen LogP contribution in [0.3, 0.4) is 0 Å². The lowest BCUT2D eigenvalue weighted by Gasteiger charge is -2.10. The molecule has 0 aliphatic carbocycles. The zero-order chi connectivity index (χ0) is 18.8. The van der Waals surface area contributed by atoms with E-state index in [0.29, 0.717) is 27.9 Å². The summed E-state index contributed by atoms with van der Waals surface area (Å²) >= 11 is 2.88. The molecule has 4 rings (SSSR count). The number of aromatic nitrogens is 3. The number of para-hydroxylation sites is 1. The Kier molecular flexibility index (Phi) is 4.91. The van der Waals surface area contributed by atoms with Crippen LogP contribution in [0.1, 0.15) is 21.1 Å². The fourth-order valence-corrected chi connectivity index (χ4v) is 4.12. The number of carbonyl (C=O) groups is 1. The van der Waals surface area contributed by atoms with Crippen molar-refractivity contribution in [2.75, 3.05) is 6.26 Å². The predicted molar refractivity (Wildman–Crippen MR) is 105 cm³/mol. The molecule has 0 bridgehead atoms. The van der Waals surface area contributed by atoms with Gasteiger partial charge in [-0.3, -0.25) is 0 Å². The van der Waals surface area contributed by atoms with Crippen molar-refractivity contribution in [1.82, 2.24) is 15.0 Å². The summed E-state index contributed by atoms with van der Waals surface area (Å²) in [6.45, 7) is 1.88. The largest absolute Gasteiger partial charge is 0.461 e. The van der Waals surface area contributed by atoms with Gasteiger partial charge in [0.2, 0.25) is 0 Å². The molecule has 0 saturated heterocycles. The van der Waals surface area contributed by atoms with E-state index in [9.17, 15) is 4.79 Å². The maximum atomic E-state index is 12.7. The molecule has 0 saturated carbocycles. The van der Waals surface area contributed by atoms with Crippen molar-refractivity contribution in [2.24, 2.45) is 0 Å². The Morgan fingerprint density at radius 2 is 2.04 bits per heavy atom. The van der Waals surface area contributed by atoms with E-state index in [2.05, 4.69) is 15.0 Å². The van der Waals surface area contributed by atoms with Gasteiger partial charge in [-0.15, -0.1) is 23.1 Å². The number of hydrogen-bond acceptors (Lipinski definition) is 8. The SMILES string of the molecule is CSc1nc(-c2ccco2)nc(C)c1C(=O)OCc1nc2ccccc2s1. The Morgan fingerprint density at radius 3 is 2.78 bits per heavy atom. The normalized spacial score (nSPS) is 11.0. The Bertz CT molecular complexity index is 1070. The minimum Gasteiger partial charge on any atom is -0.461 e. The molecule has 4 aromatic rings. The van der Waals surface area contributed by atoms with Crippen LogP contribution in [0.25, 0.3) is 21.8 Å². The van der Waals surface area contributed by atoms with Gasteiger partial charge in [0, 0.05) is 0 Å². The molecule has 0 aliphatic heterocycles. The van der Waals surface area contributed by atoms with Crippen LogP contribution in [0.15, 0.2) is 52.1 Å².